The zero-order valence-electron chi connectivity index (χ0n) is 12.7. The fourth-order valence-electron chi connectivity index (χ4n) is 1.43. The van der Waals surface area contributed by atoms with Gasteiger partial charge in [-0.25, -0.2) is 0 Å². The standard InChI is InChI=1S/C9H28O4Si4/c1-14(2)12-17(8,9)13-16(6,7)11-10-15(3,4)5/h14H,1-9H3. The molecule has 0 fully saturated rings. The maximum Gasteiger partial charge on any atom is 0.358 e. The summed E-state index contributed by atoms with van der Waals surface area (Å²) in [6, 6.07) is 0. The number of rotatable bonds is 7. The van der Waals surface area contributed by atoms with Gasteiger partial charge in [0.25, 0.3) is 0 Å². The van der Waals surface area contributed by atoms with E-state index in [0.29, 0.717) is 0 Å². The van der Waals surface area contributed by atoms with E-state index in [-0.39, 0.29) is 0 Å². The third-order valence-corrected chi connectivity index (χ3v) is 10.8. The predicted molar refractivity (Wildman–Crippen MR) is 81.5 cm³/mol. The lowest BCUT2D eigenvalue weighted by atomic mass is 11.8. The summed E-state index contributed by atoms with van der Waals surface area (Å²) < 4.78 is 23.1. The second-order valence-corrected chi connectivity index (χ2v) is 20.4. The van der Waals surface area contributed by atoms with Gasteiger partial charge in [-0.2, -0.15) is 0 Å². The lowest BCUT2D eigenvalue weighted by molar-refractivity contribution is -0.138. The summed E-state index contributed by atoms with van der Waals surface area (Å²) in [5.41, 5.74) is 0. The Balaban J connectivity index is 4.33. The van der Waals surface area contributed by atoms with E-state index in [2.05, 4.69) is 45.8 Å². The van der Waals surface area contributed by atoms with Crippen molar-refractivity contribution in [1.29, 1.82) is 0 Å². The van der Waals surface area contributed by atoms with Gasteiger partial charge in [0.2, 0.25) is 8.32 Å². The van der Waals surface area contributed by atoms with Gasteiger partial charge in [-0.15, -0.1) is 0 Å². The van der Waals surface area contributed by atoms with Crippen molar-refractivity contribution in [3.63, 3.8) is 0 Å². The molecule has 0 unspecified atom stereocenters. The molecule has 0 aliphatic heterocycles. The van der Waals surface area contributed by atoms with Gasteiger partial charge in [-0.05, 0) is 58.9 Å². The van der Waals surface area contributed by atoms with Crippen LogP contribution in [0.15, 0.2) is 0 Å². The van der Waals surface area contributed by atoms with E-state index in [4.69, 9.17) is 17.4 Å². The fourth-order valence-corrected chi connectivity index (χ4v) is 13.3. The molecular weight excluding hydrogens is 284 g/mol. The molecule has 0 bridgehead atoms. The molecule has 0 heterocycles. The molecule has 0 saturated carbocycles. The zero-order chi connectivity index (χ0) is 13.9. The first-order valence-electron chi connectivity index (χ1n) is 6.08. The minimum absolute atomic E-state index is 1.07. The molecule has 0 atom stereocenters. The van der Waals surface area contributed by atoms with Gasteiger partial charge in [0, 0.05) is 0 Å². The molecule has 0 amide bonds. The normalized spacial score (nSPS) is 14.5. The van der Waals surface area contributed by atoms with Crippen molar-refractivity contribution in [3.05, 3.63) is 0 Å². The molecule has 4 nitrogen and oxygen atoms in total. The van der Waals surface area contributed by atoms with Crippen molar-refractivity contribution in [2.45, 2.75) is 58.9 Å². The average Bonchev–Trinajstić information content (AvgIpc) is 1.94. The Morgan fingerprint density at radius 1 is 0.706 bits per heavy atom. The van der Waals surface area contributed by atoms with Crippen molar-refractivity contribution >= 4 is 34.5 Å². The van der Waals surface area contributed by atoms with Gasteiger partial charge < -0.3 is 8.23 Å². The molecule has 8 heteroatoms. The Kier molecular flexibility index (Phi) is 6.50. The summed E-state index contributed by atoms with van der Waals surface area (Å²) >= 11 is 0. The second kappa shape index (κ2) is 6.24. The third kappa shape index (κ3) is 10.3. The van der Waals surface area contributed by atoms with Crippen LogP contribution in [0.5, 0.6) is 0 Å². The molecule has 0 aliphatic rings. The molecule has 0 aromatic rings. The van der Waals surface area contributed by atoms with Crippen LogP contribution in [0.3, 0.4) is 0 Å². The predicted octanol–water partition coefficient (Wildman–Crippen LogP) is 3.19. The minimum Gasteiger partial charge on any atom is -0.440 e. The number of hydrogen-bond acceptors (Lipinski definition) is 4. The molecule has 0 aliphatic carbocycles. The third-order valence-electron chi connectivity index (χ3n) is 1.50. The van der Waals surface area contributed by atoms with E-state index < -0.39 is 34.5 Å². The van der Waals surface area contributed by atoms with E-state index in [0.717, 1.165) is 0 Å². The van der Waals surface area contributed by atoms with E-state index in [1.807, 2.05) is 13.1 Å². The van der Waals surface area contributed by atoms with Crippen molar-refractivity contribution in [3.8, 4) is 0 Å². The van der Waals surface area contributed by atoms with Gasteiger partial charge >= 0.3 is 17.1 Å². The molecule has 104 valence electrons. The maximum absolute atomic E-state index is 6.10. The van der Waals surface area contributed by atoms with Gasteiger partial charge in [-0.3, -0.25) is 9.15 Å². The topological polar surface area (TPSA) is 36.9 Å². The first-order chi connectivity index (χ1) is 7.33. The highest BCUT2D eigenvalue weighted by Crippen LogP contribution is 2.19. The largest absolute Gasteiger partial charge is 0.440 e. The van der Waals surface area contributed by atoms with Crippen molar-refractivity contribution in [2.75, 3.05) is 0 Å². The quantitative estimate of drug-likeness (QED) is 0.411. The Labute approximate surface area is 111 Å². The highest BCUT2D eigenvalue weighted by molar-refractivity contribution is 6.82. The summed E-state index contributed by atoms with van der Waals surface area (Å²) in [5, 5.41) is 0. The van der Waals surface area contributed by atoms with Crippen LogP contribution in [0.1, 0.15) is 0 Å². The molecule has 0 spiro atoms. The first kappa shape index (κ1) is 17.7. The second-order valence-electron chi connectivity index (χ2n) is 6.35. The molecule has 17 heavy (non-hydrogen) atoms. The summed E-state index contributed by atoms with van der Waals surface area (Å²) in [4.78, 5) is 0. The summed E-state index contributed by atoms with van der Waals surface area (Å²) in [6.45, 7) is 18.8. The van der Waals surface area contributed by atoms with E-state index in [1.165, 1.54) is 0 Å². The average molecular weight is 313 g/mol. The Bertz CT molecular complexity index is 238. The van der Waals surface area contributed by atoms with E-state index in [9.17, 15) is 0 Å². The number of hydrogen-bond donors (Lipinski definition) is 0. The summed E-state index contributed by atoms with van der Waals surface area (Å²) in [5.74, 6) is 0. The van der Waals surface area contributed by atoms with Crippen molar-refractivity contribution in [2.24, 2.45) is 0 Å². The lowest BCUT2D eigenvalue weighted by Gasteiger charge is -2.34. The van der Waals surface area contributed by atoms with Crippen LogP contribution in [-0.4, -0.2) is 34.5 Å². The zero-order valence-corrected chi connectivity index (χ0v) is 16.9. The Morgan fingerprint density at radius 3 is 1.53 bits per heavy atom. The first-order valence-corrected chi connectivity index (χ1v) is 17.9. The molecular formula is C9H28O4Si4. The van der Waals surface area contributed by atoms with Crippen LogP contribution in [0, 0.1) is 0 Å². The van der Waals surface area contributed by atoms with E-state index in [1.54, 1.807) is 0 Å². The molecule has 0 radical (unpaired) electrons. The monoisotopic (exact) mass is 312 g/mol. The highest BCUT2D eigenvalue weighted by atomic mass is 28.5. The minimum atomic E-state index is -2.24. The van der Waals surface area contributed by atoms with Crippen LogP contribution in [0.25, 0.3) is 0 Å². The van der Waals surface area contributed by atoms with Gasteiger partial charge in [-0.1, -0.05) is 0 Å². The summed E-state index contributed by atoms with van der Waals surface area (Å²) in [7, 11) is -7.03. The van der Waals surface area contributed by atoms with Crippen LogP contribution in [0.2, 0.25) is 58.9 Å². The van der Waals surface area contributed by atoms with Gasteiger partial charge in [0.1, 0.15) is 0 Å². The van der Waals surface area contributed by atoms with E-state index >= 15 is 0 Å². The fraction of sp³-hybridized carbons (Fsp3) is 1.00. The van der Waals surface area contributed by atoms with Crippen LogP contribution >= 0.6 is 0 Å². The van der Waals surface area contributed by atoms with Crippen molar-refractivity contribution in [1.82, 2.24) is 0 Å². The smallest absolute Gasteiger partial charge is 0.358 e. The lowest BCUT2D eigenvalue weighted by Crippen LogP contribution is -2.51. The Morgan fingerprint density at radius 2 is 1.18 bits per heavy atom. The molecule has 0 rings (SSSR count). The molecule has 0 aromatic carbocycles. The molecule has 0 aromatic heterocycles. The SMILES string of the molecule is C[SiH](C)O[Si](C)(C)O[Si](C)(C)OO[Si](C)(C)C. The molecule has 0 N–H and O–H groups in total. The van der Waals surface area contributed by atoms with Crippen LogP contribution in [0.4, 0.5) is 0 Å². The van der Waals surface area contributed by atoms with Gasteiger partial charge in [0.15, 0.2) is 9.04 Å². The van der Waals surface area contributed by atoms with Gasteiger partial charge in [0.05, 0.1) is 0 Å². The summed E-state index contributed by atoms with van der Waals surface area (Å²) in [6.07, 6.45) is 0. The van der Waals surface area contributed by atoms with Crippen molar-refractivity contribution < 1.29 is 17.4 Å². The maximum atomic E-state index is 6.10. The molecule has 0 saturated heterocycles. The Hall–Kier alpha value is 0.708. The van der Waals surface area contributed by atoms with Crippen LogP contribution < -0.4 is 0 Å². The highest BCUT2D eigenvalue weighted by Gasteiger charge is 2.39. The van der Waals surface area contributed by atoms with Crippen LogP contribution in [-0.2, 0) is 17.4 Å².